The molecule has 1 rings (SSSR count). The smallest absolute Gasteiger partial charge is 0.282 e. The first-order valence-electron chi connectivity index (χ1n) is 6.04. The summed E-state index contributed by atoms with van der Waals surface area (Å²) in [6.45, 7) is 1.75. The second-order valence-electron chi connectivity index (χ2n) is 4.56. The first kappa shape index (κ1) is 17.3. The van der Waals surface area contributed by atoms with Crippen LogP contribution in [0.1, 0.15) is 12.5 Å². The van der Waals surface area contributed by atoms with Gasteiger partial charge in [0.2, 0.25) is 0 Å². The third-order valence-corrected chi connectivity index (χ3v) is 5.52. The monoisotopic (exact) mass is 323 g/mol. The standard InChI is InChI=1S/C12H19ClFN3O2S/c1-9(7-15)17(3)20(18,19)16(2)8-10-11(13)5-4-6-12(10)14/h4-6,9H,7-8,15H2,1-3H3. The van der Waals surface area contributed by atoms with Crippen molar-refractivity contribution < 1.29 is 12.8 Å². The van der Waals surface area contributed by atoms with Gasteiger partial charge in [-0.1, -0.05) is 17.7 Å². The van der Waals surface area contributed by atoms with Gasteiger partial charge in [0.05, 0.1) is 0 Å². The Morgan fingerprint density at radius 2 is 2.00 bits per heavy atom. The van der Waals surface area contributed by atoms with Crippen LogP contribution in [0.4, 0.5) is 4.39 Å². The Morgan fingerprint density at radius 1 is 1.40 bits per heavy atom. The van der Waals surface area contributed by atoms with Crippen molar-refractivity contribution >= 4 is 21.8 Å². The molecule has 2 N–H and O–H groups in total. The highest BCUT2D eigenvalue weighted by Crippen LogP contribution is 2.22. The summed E-state index contributed by atoms with van der Waals surface area (Å²) in [5, 5.41) is 0.196. The van der Waals surface area contributed by atoms with Crippen LogP contribution in [-0.4, -0.2) is 43.7 Å². The van der Waals surface area contributed by atoms with Gasteiger partial charge >= 0.3 is 0 Å². The molecule has 1 aromatic carbocycles. The second-order valence-corrected chi connectivity index (χ2v) is 7.07. The van der Waals surface area contributed by atoms with Crippen molar-refractivity contribution in [2.45, 2.75) is 19.5 Å². The van der Waals surface area contributed by atoms with Crippen molar-refractivity contribution in [3.63, 3.8) is 0 Å². The Hall–Kier alpha value is -0.730. The van der Waals surface area contributed by atoms with Gasteiger partial charge in [0.15, 0.2) is 0 Å². The molecule has 0 amide bonds. The zero-order valence-corrected chi connectivity index (χ0v) is 13.2. The topological polar surface area (TPSA) is 66.6 Å². The molecule has 0 aliphatic heterocycles. The molecule has 0 saturated carbocycles. The number of rotatable bonds is 6. The van der Waals surface area contributed by atoms with E-state index in [1.165, 1.54) is 32.3 Å². The predicted molar refractivity (Wildman–Crippen MR) is 78.1 cm³/mol. The molecule has 1 atom stereocenters. The number of hydrogen-bond acceptors (Lipinski definition) is 3. The van der Waals surface area contributed by atoms with Gasteiger partial charge in [-0.15, -0.1) is 0 Å². The van der Waals surface area contributed by atoms with E-state index < -0.39 is 16.0 Å². The number of nitrogens with two attached hydrogens (primary N) is 1. The maximum Gasteiger partial charge on any atom is 0.282 e. The SMILES string of the molecule is CC(CN)N(C)S(=O)(=O)N(C)Cc1c(F)cccc1Cl. The molecule has 5 nitrogen and oxygen atoms in total. The van der Waals surface area contributed by atoms with Crippen LogP contribution >= 0.6 is 11.6 Å². The molecule has 8 heteroatoms. The van der Waals surface area contributed by atoms with Crippen LogP contribution in [0.5, 0.6) is 0 Å². The largest absolute Gasteiger partial charge is 0.329 e. The minimum absolute atomic E-state index is 0.143. The first-order valence-corrected chi connectivity index (χ1v) is 7.81. The molecule has 0 radical (unpaired) electrons. The summed E-state index contributed by atoms with van der Waals surface area (Å²) in [4.78, 5) is 0. The summed E-state index contributed by atoms with van der Waals surface area (Å²) in [5.41, 5.74) is 5.61. The normalized spacial score (nSPS) is 14.0. The summed E-state index contributed by atoms with van der Waals surface area (Å²) in [6.07, 6.45) is 0. The number of likely N-dealkylation sites (N-methyl/N-ethyl adjacent to an activating group) is 1. The van der Waals surface area contributed by atoms with E-state index in [9.17, 15) is 12.8 Å². The van der Waals surface area contributed by atoms with Crippen LogP contribution in [0.2, 0.25) is 5.02 Å². The Morgan fingerprint density at radius 3 is 2.50 bits per heavy atom. The van der Waals surface area contributed by atoms with Crippen molar-refractivity contribution in [2.75, 3.05) is 20.6 Å². The minimum Gasteiger partial charge on any atom is -0.329 e. The molecule has 1 unspecified atom stereocenters. The van der Waals surface area contributed by atoms with Gasteiger partial charge in [0.25, 0.3) is 10.2 Å². The minimum atomic E-state index is -3.72. The van der Waals surface area contributed by atoms with E-state index in [1.54, 1.807) is 6.92 Å². The average Bonchev–Trinajstić information content (AvgIpc) is 2.40. The molecule has 0 saturated heterocycles. The third kappa shape index (κ3) is 3.67. The van der Waals surface area contributed by atoms with Gasteiger partial charge < -0.3 is 5.73 Å². The second kappa shape index (κ2) is 6.82. The predicted octanol–water partition coefficient (Wildman–Crippen LogP) is 1.43. The van der Waals surface area contributed by atoms with E-state index in [2.05, 4.69) is 0 Å². The summed E-state index contributed by atoms with van der Waals surface area (Å²) >= 11 is 5.90. The van der Waals surface area contributed by atoms with E-state index >= 15 is 0 Å². The van der Waals surface area contributed by atoms with E-state index in [0.717, 1.165) is 8.61 Å². The number of nitrogens with zero attached hydrogens (tertiary/aromatic N) is 2. The van der Waals surface area contributed by atoms with Crippen LogP contribution in [0.3, 0.4) is 0 Å². The highest BCUT2D eigenvalue weighted by Gasteiger charge is 2.28. The zero-order valence-electron chi connectivity index (χ0n) is 11.7. The van der Waals surface area contributed by atoms with Gasteiger partial charge in [-0.2, -0.15) is 17.0 Å². The summed E-state index contributed by atoms with van der Waals surface area (Å²) < 4.78 is 40.5. The quantitative estimate of drug-likeness (QED) is 0.861. The van der Waals surface area contributed by atoms with Gasteiger partial charge in [-0.3, -0.25) is 0 Å². The van der Waals surface area contributed by atoms with E-state index in [0.29, 0.717) is 0 Å². The summed E-state index contributed by atoms with van der Waals surface area (Å²) in [7, 11) is -0.911. The Labute approximate surface area is 124 Å². The fourth-order valence-electron chi connectivity index (χ4n) is 1.58. The zero-order chi connectivity index (χ0) is 15.5. The Bertz CT molecular complexity index is 548. The molecular formula is C12H19ClFN3O2S. The lowest BCUT2D eigenvalue weighted by Crippen LogP contribution is -2.46. The first-order chi connectivity index (χ1) is 9.21. The summed E-state index contributed by atoms with van der Waals surface area (Å²) in [5.74, 6) is -0.533. The fourth-order valence-corrected chi connectivity index (χ4v) is 3.08. The van der Waals surface area contributed by atoms with E-state index in [1.807, 2.05) is 0 Å². The number of halogens is 2. The van der Waals surface area contributed by atoms with Gasteiger partial charge in [0, 0.05) is 43.8 Å². The molecule has 0 aromatic heterocycles. The molecule has 20 heavy (non-hydrogen) atoms. The van der Waals surface area contributed by atoms with Crippen molar-refractivity contribution in [3.8, 4) is 0 Å². The van der Waals surface area contributed by atoms with Gasteiger partial charge in [-0.25, -0.2) is 4.39 Å². The Kier molecular flexibility index (Phi) is 5.91. The average molecular weight is 324 g/mol. The Balaban J connectivity index is 2.98. The van der Waals surface area contributed by atoms with Crippen molar-refractivity contribution in [3.05, 3.63) is 34.6 Å². The van der Waals surface area contributed by atoms with Crippen molar-refractivity contribution in [1.82, 2.24) is 8.61 Å². The lowest BCUT2D eigenvalue weighted by molar-refractivity contribution is 0.344. The molecule has 1 aromatic rings. The highest BCUT2D eigenvalue weighted by molar-refractivity contribution is 7.86. The van der Waals surface area contributed by atoms with E-state index in [4.69, 9.17) is 17.3 Å². The van der Waals surface area contributed by atoms with Gasteiger partial charge in [-0.05, 0) is 19.1 Å². The van der Waals surface area contributed by atoms with Crippen molar-refractivity contribution in [2.24, 2.45) is 5.73 Å². The maximum absolute atomic E-state index is 13.7. The summed E-state index contributed by atoms with van der Waals surface area (Å²) in [6, 6.07) is 3.89. The van der Waals surface area contributed by atoms with Crippen LogP contribution in [0.15, 0.2) is 18.2 Å². The number of hydrogen-bond donors (Lipinski definition) is 1. The molecule has 0 heterocycles. The molecule has 0 bridgehead atoms. The molecule has 0 aliphatic rings. The maximum atomic E-state index is 13.7. The lowest BCUT2D eigenvalue weighted by atomic mass is 10.2. The number of benzene rings is 1. The van der Waals surface area contributed by atoms with Crippen LogP contribution < -0.4 is 5.73 Å². The van der Waals surface area contributed by atoms with E-state index in [-0.39, 0.29) is 29.7 Å². The molecule has 0 fully saturated rings. The van der Waals surface area contributed by atoms with Crippen LogP contribution in [0, 0.1) is 5.82 Å². The fraction of sp³-hybridized carbons (Fsp3) is 0.500. The molecular weight excluding hydrogens is 305 g/mol. The van der Waals surface area contributed by atoms with Crippen LogP contribution in [-0.2, 0) is 16.8 Å². The van der Waals surface area contributed by atoms with Gasteiger partial charge in [0.1, 0.15) is 5.82 Å². The third-order valence-electron chi connectivity index (χ3n) is 3.16. The lowest BCUT2D eigenvalue weighted by Gasteiger charge is -2.28. The molecule has 114 valence electrons. The molecule has 0 aliphatic carbocycles. The van der Waals surface area contributed by atoms with Crippen LogP contribution in [0.25, 0.3) is 0 Å². The molecule has 0 spiro atoms. The van der Waals surface area contributed by atoms with Crippen molar-refractivity contribution in [1.29, 1.82) is 0 Å². The highest BCUT2D eigenvalue weighted by atomic mass is 35.5.